The summed E-state index contributed by atoms with van der Waals surface area (Å²) >= 11 is 0. The molecule has 1 aliphatic heterocycles. The molecule has 0 spiro atoms. The first-order valence-corrected chi connectivity index (χ1v) is 7.31. The van der Waals surface area contributed by atoms with E-state index in [-0.39, 0.29) is 25.5 Å². The van der Waals surface area contributed by atoms with Crippen molar-refractivity contribution in [3.63, 3.8) is 0 Å². The summed E-state index contributed by atoms with van der Waals surface area (Å²) in [5.74, 6) is 0.0527. The Bertz CT molecular complexity index is 295. The molecule has 0 amide bonds. The zero-order chi connectivity index (χ0) is 18.1. The van der Waals surface area contributed by atoms with Gasteiger partial charge in [-0.2, -0.15) is 0 Å². The summed E-state index contributed by atoms with van der Waals surface area (Å²) in [4.78, 5) is 20.3. The van der Waals surface area contributed by atoms with Crippen LogP contribution in [0, 0.1) is 12.6 Å². The summed E-state index contributed by atoms with van der Waals surface area (Å²) in [6.45, 7) is 18.8. The Morgan fingerprint density at radius 2 is 1.61 bits per heavy atom. The van der Waals surface area contributed by atoms with Gasteiger partial charge in [0.1, 0.15) is 0 Å². The number of hydrogen-bond acceptors (Lipinski definition) is 5. The van der Waals surface area contributed by atoms with Gasteiger partial charge >= 0.3 is 23.2 Å². The number of carbonyl (C=O) groups is 2. The first kappa shape index (κ1) is 29.6. The molecule has 2 atom stereocenters. The Morgan fingerprint density at radius 3 is 1.70 bits per heavy atom. The second kappa shape index (κ2) is 20.6. The van der Waals surface area contributed by atoms with Crippen LogP contribution in [-0.2, 0) is 28.5 Å². The Hall–Kier alpha value is -1.36. The third-order valence-electron chi connectivity index (χ3n) is 2.06. The van der Waals surface area contributed by atoms with E-state index in [4.69, 9.17) is 14.1 Å². The first-order valence-electron chi connectivity index (χ1n) is 7.31. The van der Waals surface area contributed by atoms with Gasteiger partial charge < -0.3 is 14.2 Å². The fourth-order valence-electron chi connectivity index (χ4n) is 0.747. The van der Waals surface area contributed by atoms with Crippen molar-refractivity contribution in [2.75, 3.05) is 13.2 Å². The molecule has 1 saturated heterocycles. The molecule has 0 aromatic heterocycles. The second-order valence-electron chi connectivity index (χ2n) is 5.17. The zero-order valence-corrected chi connectivity index (χ0v) is 14.8. The van der Waals surface area contributed by atoms with Gasteiger partial charge in [-0.15, -0.1) is 0 Å². The summed E-state index contributed by atoms with van der Waals surface area (Å²) in [7, 11) is 0. The topological polar surface area (TPSA) is 85.0 Å². The molecule has 1 aliphatic rings. The fourth-order valence-corrected chi connectivity index (χ4v) is 0.747. The SMILES string of the molecule is C.CC(=O)OCC(C)C.CC1CO1.CCC(C)OC(C)=O.[C-]#[O+]. The zero-order valence-electron chi connectivity index (χ0n) is 14.8. The maximum absolute atomic E-state index is 10.2. The standard InChI is InChI=1S/2C6H12O2.C3H6O.CO.CH4/c1-5(2)4-8-6(3)7;1-4-5(2)8-6(3)7;1-3-2-4-3;1-2;/h2*5H,4H2,1-3H3;3H,2H2,1H3;;1H4. The average Bonchev–Trinajstić information content (AvgIpc) is 3.22. The van der Waals surface area contributed by atoms with Crippen LogP contribution in [0.1, 0.15) is 62.3 Å². The third-order valence-corrected chi connectivity index (χ3v) is 2.06. The van der Waals surface area contributed by atoms with E-state index in [0.29, 0.717) is 18.6 Å². The van der Waals surface area contributed by atoms with Gasteiger partial charge in [0.05, 0.1) is 25.4 Å². The predicted octanol–water partition coefficient (Wildman–Crippen LogP) is 3.56. The van der Waals surface area contributed by atoms with Crippen molar-refractivity contribution in [3.8, 4) is 0 Å². The van der Waals surface area contributed by atoms with Crippen LogP contribution in [-0.4, -0.2) is 37.4 Å². The van der Waals surface area contributed by atoms with Gasteiger partial charge in [-0.3, -0.25) is 9.59 Å². The molecular formula is C17H34O6. The van der Waals surface area contributed by atoms with Crippen molar-refractivity contribution in [2.24, 2.45) is 5.92 Å². The molecule has 0 radical (unpaired) electrons. The Labute approximate surface area is 141 Å². The molecule has 0 aromatic carbocycles. The molecule has 1 heterocycles. The van der Waals surface area contributed by atoms with Gasteiger partial charge in [0.2, 0.25) is 0 Å². The van der Waals surface area contributed by atoms with Gasteiger partial charge in [-0.25, -0.2) is 0 Å². The van der Waals surface area contributed by atoms with Crippen molar-refractivity contribution >= 4 is 11.9 Å². The van der Waals surface area contributed by atoms with Gasteiger partial charge in [0, 0.05) is 13.8 Å². The second-order valence-corrected chi connectivity index (χ2v) is 5.17. The van der Waals surface area contributed by atoms with Gasteiger partial charge in [-0.05, 0) is 26.2 Å². The van der Waals surface area contributed by atoms with Crippen LogP contribution in [0.2, 0.25) is 0 Å². The van der Waals surface area contributed by atoms with Crippen molar-refractivity contribution in [1.82, 2.24) is 0 Å². The van der Waals surface area contributed by atoms with Gasteiger partial charge in [-0.1, -0.05) is 28.2 Å². The van der Waals surface area contributed by atoms with E-state index in [9.17, 15) is 9.59 Å². The molecule has 2 unspecified atom stereocenters. The number of carbonyl (C=O) groups excluding carboxylic acids is 2. The van der Waals surface area contributed by atoms with Crippen LogP contribution in [0.15, 0.2) is 0 Å². The third kappa shape index (κ3) is 44.9. The van der Waals surface area contributed by atoms with Gasteiger partial charge in [0.15, 0.2) is 0 Å². The maximum atomic E-state index is 10.2. The van der Waals surface area contributed by atoms with E-state index in [1.165, 1.54) is 13.8 Å². The molecule has 1 rings (SSSR count). The van der Waals surface area contributed by atoms with Crippen LogP contribution in [0.3, 0.4) is 0 Å². The summed E-state index contributed by atoms with van der Waals surface area (Å²) in [5.41, 5.74) is 0. The monoisotopic (exact) mass is 334 g/mol. The fraction of sp³-hybridized carbons (Fsp3) is 0.824. The molecule has 23 heavy (non-hydrogen) atoms. The summed E-state index contributed by atoms with van der Waals surface area (Å²) in [6.07, 6.45) is 1.55. The van der Waals surface area contributed by atoms with E-state index in [1.807, 2.05) is 27.7 Å². The minimum absolute atomic E-state index is 0. The average molecular weight is 334 g/mol. The molecular weight excluding hydrogens is 300 g/mol. The van der Waals surface area contributed by atoms with Crippen LogP contribution >= 0.6 is 0 Å². The Balaban J connectivity index is -0.000000113. The molecule has 6 heteroatoms. The van der Waals surface area contributed by atoms with E-state index in [2.05, 4.69) is 18.3 Å². The first-order chi connectivity index (χ1) is 10.2. The number of epoxide rings is 1. The van der Waals surface area contributed by atoms with E-state index < -0.39 is 0 Å². The van der Waals surface area contributed by atoms with Crippen LogP contribution in [0.25, 0.3) is 0 Å². The number of ether oxygens (including phenoxy) is 3. The molecule has 0 saturated carbocycles. The molecule has 138 valence electrons. The number of esters is 2. The minimum atomic E-state index is -0.196. The number of rotatable bonds is 4. The van der Waals surface area contributed by atoms with Crippen molar-refractivity contribution in [2.45, 2.75) is 74.5 Å². The number of hydrogen-bond donors (Lipinski definition) is 0. The molecule has 1 fully saturated rings. The summed E-state index contributed by atoms with van der Waals surface area (Å²) < 4.78 is 21.6. The predicted molar refractivity (Wildman–Crippen MR) is 89.1 cm³/mol. The summed E-state index contributed by atoms with van der Waals surface area (Å²) in [6, 6.07) is 0. The van der Waals surface area contributed by atoms with E-state index >= 15 is 0 Å². The quantitative estimate of drug-likeness (QED) is 0.340. The van der Waals surface area contributed by atoms with E-state index in [0.717, 1.165) is 13.0 Å². The van der Waals surface area contributed by atoms with Crippen molar-refractivity contribution in [3.05, 3.63) is 6.65 Å². The van der Waals surface area contributed by atoms with Crippen LogP contribution in [0.5, 0.6) is 0 Å². The Morgan fingerprint density at radius 1 is 1.22 bits per heavy atom. The summed E-state index contributed by atoms with van der Waals surface area (Å²) in [5, 5.41) is 0. The van der Waals surface area contributed by atoms with Crippen LogP contribution in [0.4, 0.5) is 0 Å². The van der Waals surface area contributed by atoms with E-state index in [1.54, 1.807) is 0 Å². The van der Waals surface area contributed by atoms with Gasteiger partial charge in [0.25, 0.3) is 0 Å². The van der Waals surface area contributed by atoms with Crippen molar-refractivity contribution in [1.29, 1.82) is 0 Å². The van der Waals surface area contributed by atoms with Crippen LogP contribution < -0.4 is 0 Å². The normalized spacial score (nSPS) is 14.8. The molecule has 0 bridgehead atoms. The Kier molecular flexibility index (Phi) is 26.6. The van der Waals surface area contributed by atoms with Crippen molar-refractivity contribution < 1.29 is 28.5 Å². The molecule has 0 aliphatic carbocycles. The molecule has 0 aromatic rings. The molecule has 0 N–H and O–H groups in total. The molecule has 6 nitrogen and oxygen atoms in total.